The third-order valence-electron chi connectivity index (χ3n) is 1.79. The summed E-state index contributed by atoms with van der Waals surface area (Å²) in [5, 5.41) is 9.14. The van der Waals surface area contributed by atoms with Crippen molar-refractivity contribution < 1.29 is 5.11 Å². The molecule has 0 saturated heterocycles. The number of halogens is 1. The number of benzene rings is 1. The zero-order valence-electron chi connectivity index (χ0n) is 7.20. The second-order valence-electron chi connectivity index (χ2n) is 2.85. The number of rotatable bonds is 3. The minimum Gasteiger partial charge on any atom is -0.380 e. The van der Waals surface area contributed by atoms with E-state index in [4.69, 9.17) is 11.5 Å². The van der Waals surface area contributed by atoms with Gasteiger partial charge in [-0.15, -0.1) is 6.42 Å². The van der Waals surface area contributed by atoms with E-state index >= 15 is 0 Å². The van der Waals surface area contributed by atoms with Crippen LogP contribution in [0.15, 0.2) is 28.7 Å². The molecular weight excluding hydrogens is 228 g/mol. The Labute approximate surface area is 86.9 Å². The minimum absolute atomic E-state index is 0.618. The molecule has 0 saturated carbocycles. The lowest BCUT2D eigenvalue weighted by Crippen LogP contribution is -2.03. The Morgan fingerprint density at radius 2 is 2.31 bits per heavy atom. The molecule has 1 nitrogen and oxygen atoms in total. The highest BCUT2D eigenvalue weighted by molar-refractivity contribution is 9.10. The van der Waals surface area contributed by atoms with E-state index in [-0.39, 0.29) is 0 Å². The van der Waals surface area contributed by atoms with Crippen molar-refractivity contribution in [2.75, 3.05) is 0 Å². The fourth-order valence-corrected chi connectivity index (χ4v) is 1.53. The monoisotopic (exact) mass is 238 g/mol. The normalized spacial score (nSPS) is 12.1. The Morgan fingerprint density at radius 1 is 1.54 bits per heavy atom. The molecule has 0 spiro atoms. The van der Waals surface area contributed by atoms with Crippen LogP contribution in [0.2, 0.25) is 0 Å². The lowest BCUT2D eigenvalue weighted by Gasteiger charge is -2.03. The molecule has 1 N–H and O–H groups in total. The molecule has 0 amide bonds. The maximum Gasteiger partial charge on any atom is 0.114 e. The molecule has 0 fully saturated rings. The van der Waals surface area contributed by atoms with E-state index in [9.17, 15) is 0 Å². The standard InChI is InChI=1S/C11H11BrO/c1-2-11(13)7-6-9-4-3-5-10(12)8-9/h1,3-5,8,11,13H,6-7H2. The van der Waals surface area contributed by atoms with E-state index in [1.165, 1.54) is 5.56 Å². The molecule has 1 aromatic carbocycles. The van der Waals surface area contributed by atoms with Crippen LogP contribution in [0.3, 0.4) is 0 Å². The SMILES string of the molecule is C#CC(O)CCc1cccc(Br)c1. The van der Waals surface area contributed by atoms with Crippen LogP contribution in [0.5, 0.6) is 0 Å². The summed E-state index contributed by atoms with van der Waals surface area (Å²) in [4.78, 5) is 0. The number of terminal acetylenes is 1. The molecule has 0 aliphatic heterocycles. The molecule has 68 valence electrons. The van der Waals surface area contributed by atoms with Crippen LogP contribution in [0.1, 0.15) is 12.0 Å². The summed E-state index contributed by atoms with van der Waals surface area (Å²) < 4.78 is 1.06. The van der Waals surface area contributed by atoms with Crippen molar-refractivity contribution in [1.29, 1.82) is 0 Å². The van der Waals surface area contributed by atoms with Crippen molar-refractivity contribution in [2.24, 2.45) is 0 Å². The van der Waals surface area contributed by atoms with Crippen molar-refractivity contribution in [3.8, 4) is 12.3 Å². The van der Waals surface area contributed by atoms with Gasteiger partial charge in [-0.05, 0) is 30.5 Å². The second kappa shape index (κ2) is 5.06. The summed E-state index contributed by atoms with van der Waals surface area (Å²) in [5.41, 5.74) is 1.18. The molecule has 1 unspecified atom stereocenters. The molecule has 2 heteroatoms. The van der Waals surface area contributed by atoms with Gasteiger partial charge in [0.25, 0.3) is 0 Å². The van der Waals surface area contributed by atoms with Gasteiger partial charge in [0.2, 0.25) is 0 Å². The van der Waals surface area contributed by atoms with E-state index in [2.05, 4.69) is 21.9 Å². The summed E-state index contributed by atoms with van der Waals surface area (Å²) in [7, 11) is 0. The molecule has 0 radical (unpaired) electrons. The van der Waals surface area contributed by atoms with Gasteiger partial charge in [-0.1, -0.05) is 34.0 Å². The molecule has 0 aliphatic rings. The van der Waals surface area contributed by atoms with E-state index in [1.807, 2.05) is 24.3 Å². The third-order valence-corrected chi connectivity index (χ3v) is 2.28. The molecule has 13 heavy (non-hydrogen) atoms. The molecule has 1 aromatic rings. The fourth-order valence-electron chi connectivity index (χ4n) is 1.08. The van der Waals surface area contributed by atoms with Crippen molar-refractivity contribution in [2.45, 2.75) is 18.9 Å². The smallest absolute Gasteiger partial charge is 0.114 e. The number of aliphatic hydroxyl groups is 1. The van der Waals surface area contributed by atoms with E-state index < -0.39 is 6.10 Å². The maximum absolute atomic E-state index is 9.14. The Hall–Kier alpha value is -0.780. The highest BCUT2D eigenvalue weighted by atomic mass is 79.9. The summed E-state index contributed by atoms with van der Waals surface area (Å²) in [6.07, 6.45) is 5.86. The van der Waals surface area contributed by atoms with Crippen LogP contribution in [-0.2, 0) is 6.42 Å². The van der Waals surface area contributed by atoms with E-state index in [0.717, 1.165) is 10.9 Å². The molecule has 1 rings (SSSR count). The van der Waals surface area contributed by atoms with Crippen molar-refractivity contribution in [1.82, 2.24) is 0 Å². The van der Waals surface area contributed by atoms with Crippen LogP contribution in [-0.4, -0.2) is 11.2 Å². The fraction of sp³-hybridized carbons (Fsp3) is 0.273. The Bertz CT molecular complexity index is 314. The molecule has 0 aliphatic carbocycles. The Kier molecular flexibility index (Phi) is 4.01. The van der Waals surface area contributed by atoms with Crippen LogP contribution in [0, 0.1) is 12.3 Å². The zero-order valence-corrected chi connectivity index (χ0v) is 8.79. The number of aryl methyl sites for hydroxylation is 1. The Balaban J connectivity index is 2.51. The van der Waals surface area contributed by atoms with Gasteiger partial charge < -0.3 is 5.11 Å². The van der Waals surface area contributed by atoms with Crippen LogP contribution >= 0.6 is 15.9 Å². The van der Waals surface area contributed by atoms with Crippen LogP contribution in [0.4, 0.5) is 0 Å². The van der Waals surface area contributed by atoms with Crippen molar-refractivity contribution in [3.63, 3.8) is 0 Å². The summed E-state index contributed by atoms with van der Waals surface area (Å²) in [5.74, 6) is 2.29. The number of hydrogen-bond acceptors (Lipinski definition) is 1. The minimum atomic E-state index is -0.626. The quantitative estimate of drug-likeness (QED) is 0.803. The van der Waals surface area contributed by atoms with Gasteiger partial charge in [0, 0.05) is 4.47 Å². The largest absolute Gasteiger partial charge is 0.380 e. The molecule has 0 aromatic heterocycles. The van der Waals surface area contributed by atoms with Gasteiger partial charge in [-0.3, -0.25) is 0 Å². The van der Waals surface area contributed by atoms with Crippen LogP contribution < -0.4 is 0 Å². The molecular formula is C11H11BrO. The van der Waals surface area contributed by atoms with Gasteiger partial charge in [-0.2, -0.15) is 0 Å². The van der Waals surface area contributed by atoms with Gasteiger partial charge >= 0.3 is 0 Å². The first-order valence-corrected chi connectivity index (χ1v) is 4.90. The number of aliphatic hydroxyl groups excluding tert-OH is 1. The highest BCUT2D eigenvalue weighted by Crippen LogP contribution is 2.13. The number of hydrogen-bond donors (Lipinski definition) is 1. The first-order chi connectivity index (χ1) is 6.22. The van der Waals surface area contributed by atoms with Crippen molar-refractivity contribution in [3.05, 3.63) is 34.3 Å². The van der Waals surface area contributed by atoms with Gasteiger partial charge in [0.15, 0.2) is 0 Å². The predicted molar refractivity (Wildman–Crippen MR) is 57.3 cm³/mol. The second-order valence-corrected chi connectivity index (χ2v) is 3.77. The van der Waals surface area contributed by atoms with Gasteiger partial charge in [0.1, 0.15) is 6.10 Å². The average molecular weight is 239 g/mol. The van der Waals surface area contributed by atoms with Crippen molar-refractivity contribution >= 4 is 15.9 Å². The lowest BCUT2D eigenvalue weighted by atomic mass is 10.1. The third kappa shape index (κ3) is 3.63. The van der Waals surface area contributed by atoms with Gasteiger partial charge in [0.05, 0.1) is 0 Å². The molecule has 0 heterocycles. The highest BCUT2D eigenvalue weighted by Gasteiger charge is 1.99. The molecule has 1 atom stereocenters. The first-order valence-electron chi connectivity index (χ1n) is 4.11. The zero-order chi connectivity index (χ0) is 9.68. The first kappa shape index (κ1) is 10.3. The van der Waals surface area contributed by atoms with E-state index in [1.54, 1.807) is 0 Å². The average Bonchev–Trinajstić information content (AvgIpc) is 2.14. The van der Waals surface area contributed by atoms with Crippen LogP contribution in [0.25, 0.3) is 0 Å². The topological polar surface area (TPSA) is 20.2 Å². The Morgan fingerprint density at radius 3 is 2.92 bits per heavy atom. The van der Waals surface area contributed by atoms with Gasteiger partial charge in [-0.25, -0.2) is 0 Å². The van der Waals surface area contributed by atoms with E-state index in [0.29, 0.717) is 6.42 Å². The maximum atomic E-state index is 9.14. The summed E-state index contributed by atoms with van der Waals surface area (Å²) in [6, 6.07) is 8.00. The lowest BCUT2D eigenvalue weighted by molar-refractivity contribution is 0.222. The predicted octanol–water partition coefficient (Wildman–Crippen LogP) is 2.38. The molecule has 0 bridgehead atoms. The summed E-state index contributed by atoms with van der Waals surface area (Å²) >= 11 is 3.38. The summed E-state index contributed by atoms with van der Waals surface area (Å²) in [6.45, 7) is 0.